The molecule has 0 aliphatic carbocycles. The van der Waals surface area contributed by atoms with Crippen LogP contribution >= 0.6 is 11.3 Å². The largest absolute Gasteiger partial charge is 0.377 e. The molecule has 1 aromatic carbocycles. The molecule has 0 spiro atoms. The molecule has 1 aliphatic heterocycles. The molecule has 0 N–H and O–H groups in total. The van der Waals surface area contributed by atoms with Gasteiger partial charge in [0.2, 0.25) is 5.91 Å². The van der Waals surface area contributed by atoms with Crippen LogP contribution in [0.1, 0.15) is 23.0 Å². The molecule has 0 radical (unpaired) electrons. The monoisotopic (exact) mass is 287 g/mol. The van der Waals surface area contributed by atoms with Crippen LogP contribution in [0, 0.1) is 0 Å². The number of amides is 1. The SMILES string of the molecule is COC1CCN(C(=O)Cc2cccs2)c2ccccc21. The van der Waals surface area contributed by atoms with Gasteiger partial charge in [-0.25, -0.2) is 0 Å². The maximum atomic E-state index is 12.5. The van der Waals surface area contributed by atoms with E-state index >= 15 is 0 Å². The summed E-state index contributed by atoms with van der Waals surface area (Å²) in [5.74, 6) is 0.162. The fraction of sp³-hybridized carbons (Fsp3) is 0.312. The van der Waals surface area contributed by atoms with Crippen LogP contribution in [0.15, 0.2) is 41.8 Å². The predicted molar refractivity (Wildman–Crippen MR) is 81.2 cm³/mol. The molecule has 1 atom stereocenters. The smallest absolute Gasteiger partial charge is 0.232 e. The first-order valence-corrected chi connectivity index (χ1v) is 7.62. The molecule has 1 amide bonds. The van der Waals surface area contributed by atoms with Crippen LogP contribution in [0.2, 0.25) is 0 Å². The van der Waals surface area contributed by atoms with Gasteiger partial charge >= 0.3 is 0 Å². The molecule has 104 valence electrons. The van der Waals surface area contributed by atoms with E-state index in [4.69, 9.17) is 4.74 Å². The zero-order valence-corrected chi connectivity index (χ0v) is 12.2. The average molecular weight is 287 g/mol. The third-order valence-electron chi connectivity index (χ3n) is 3.68. The van der Waals surface area contributed by atoms with E-state index in [9.17, 15) is 4.79 Å². The fourth-order valence-electron chi connectivity index (χ4n) is 2.69. The van der Waals surface area contributed by atoms with Crippen molar-refractivity contribution in [3.8, 4) is 0 Å². The van der Waals surface area contributed by atoms with Crippen LogP contribution in [0.3, 0.4) is 0 Å². The average Bonchev–Trinajstić information content (AvgIpc) is 2.99. The molecular formula is C16H17NO2S. The van der Waals surface area contributed by atoms with Crippen molar-refractivity contribution in [1.82, 2.24) is 0 Å². The van der Waals surface area contributed by atoms with Gasteiger partial charge in [-0.05, 0) is 23.9 Å². The van der Waals surface area contributed by atoms with Crippen molar-refractivity contribution in [3.63, 3.8) is 0 Å². The number of fused-ring (bicyclic) bond motifs is 1. The first kappa shape index (κ1) is 13.3. The lowest BCUT2D eigenvalue weighted by Gasteiger charge is -2.33. The second-order valence-corrected chi connectivity index (χ2v) is 5.91. The fourth-order valence-corrected chi connectivity index (χ4v) is 3.39. The van der Waals surface area contributed by atoms with E-state index in [-0.39, 0.29) is 12.0 Å². The summed E-state index contributed by atoms with van der Waals surface area (Å²) in [7, 11) is 1.73. The second-order valence-electron chi connectivity index (χ2n) is 4.87. The summed E-state index contributed by atoms with van der Waals surface area (Å²) in [4.78, 5) is 15.5. The van der Waals surface area contributed by atoms with Gasteiger partial charge in [0.05, 0.1) is 12.5 Å². The van der Waals surface area contributed by atoms with E-state index in [1.165, 1.54) is 0 Å². The molecule has 2 heterocycles. The maximum absolute atomic E-state index is 12.5. The van der Waals surface area contributed by atoms with Gasteiger partial charge < -0.3 is 9.64 Å². The van der Waals surface area contributed by atoms with Gasteiger partial charge in [0.1, 0.15) is 0 Å². The van der Waals surface area contributed by atoms with Gasteiger partial charge in [-0.1, -0.05) is 24.3 Å². The van der Waals surface area contributed by atoms with Crippen LogP contribution in [0.25, 0.3) is 0 Å². The molecule has 4 heteroatoms. The van der Waals surface area contributed by atoms with Gasteiger partial charge in [0.25, 0.3) is 0 Å². The Balaban J connectivity index is 1.86. The second kappa shape index (κ2) is 5.77. The first-order chi connectivity index (χ1) is 9.79. The number of anilines is 1. The molecule has 3 nitrogen and oxygen atoms in total. The Morgan fingerprint density at radius 1 is 1.35 bits per heavy atom. The number of nitrogens with zero attached hydrogens (tertiary/aromatic N) is 1. The van der Waals surface area contributed by atoms with Crippen LogP contribution in [0.5, 0.6) is 0 Å². The summed E-state index contributed by atoms with van der Waals surface area (Å²) in [5.41, 5.74) is 2.10. The minimum absolute atomic E-state index is 0.0944. The third kappa shape index (κ3) is 2.49. The van der Waals surface area contributed by atoms with E-state index in [0.717, 1.165) is 29.1 Å². The van der Waals surface area contributed by atoms with Crippen molar-refractivity contribution in [1.29, 1.82) is 0 Å². The number of thiophene rings is 1. The molecule has 1 aromatic heterocycles. The Morgan fingerprint density at radius 2 is 2.20 bits per heavy atom. The number of hydrogen-bond donors (Lipinski definition) is 0. The van der Waals surface area contributed by atoms with Crippen molar-refractivity contribution in [2.45, 2.75) is 18.9 Å². The summed E-state index contributed by atoms with van der Waals surface area (Å²) < 4.78 is 5.52. The van der Waals surface area contributed by atoms with Crippen LogP contribution in [0.4, 0.5) is 5.69 Å². The molecule has 20 heavy (non-hydrogen) atoms. The quantitative estimate of drug-likeness (QED) is 0.865. The zero-order chi connectivity index (χ0) is 13.9. The lowest BCUT2D eigenvalue weighted by Crippen LogP contribution is -2.37. The summed E-state index contributed by atoms with van der Waals surface area (Å²) in [6.07, 6.45) is 1.42. The molecule has 0 saturated heterocycles. The number of para-hydroxylation sites is 1. The Kier molecular flexibility index (Phi) is 3.85. The first-order valence-electron chi connectivity index (χ1n) is 6.74. The molecule has 3 rings (SSSR count). The van der Waals surface area contributed by atoms with Crippen molar-refractivity contribution in [3.05, 3.63) is 52.2 Å². The van der Waals surface area contributed by atoms with Crippen LogP contribution in [-0.2, 0) is 16.0 Å². The number of ether oxygens (including phenoxy) is 1. The molecule has 0 bridgehead atoms. The van der Waals surface area contributed by atoms with E-state index in [1.54, 1.807) is 18.4 Å². The van der Waals surface area contributed by atoms with E-state index in [2.05, 4.69) is 0 Å². The maximum Gasteiger partial charge on any atom is 0.232 e. The minimum atomic E-state index is 0.0944. The standard InChI is InChI=1S/C16H17NO2S/c1-19-15-8-9-17(14-7-3-2-6-13(14)15)16(18)11-12-5-4-10-20-12/h2-7,10,15H,8-9,11H2,1H3. The predicted octanol–water partition coefficient (Wildman–Crippen LogP) is 3.42. The highest BCUT2D eigenvalue weighted by Crippen LogP contribution is 2.35. The van der Waals surface area contributed by atoms with Gasteiger partial charge in [0.15, 0.2) is 0 Å². The van der Waals surface area contributed by atoms with Crippen LogP contribution < -0.4 is 4.90 Å². The summed E-state index contributed by atoms with van der Waals surface area (Å²) in [6.45, 7) is 0.722. The molecule has 0 saturated carbocycles. The molecular weight excluding hydrogens is 270 g/mol. The van der Waals surface area contributed by atoms with Crippen molar-refractivity contribution in [2.75, 3.05) is 18.6 Å². The van der Waals surface area contributed by atoms with Gasteiger partial charge in [0, 0.05) is 29.8 Å². The number of benzene rings is 1. The highest BCUT2D eigenvalue weighted by Gasteiger charge is 2.28. The van der Waals surface area contributed by atoms with Gasteiger partial charge in [-0.2, -0.15) is 0 Å². The molecule has 1 unspecified atom stereocenters. The Hall–Kier alpha value is -1.65. The summed E-state index contributed by atoms with van der Waals surface area (Å²) in [5, 5.41) is 2.01. The number of rotatable bonds is 3. The topological polar surface area (TPSA) is 29.5 Å². The number of carbonyl (C=O) groups excluding carboxylic acids is 1. The van der Waals surface area contributed by atoms with E-state index in [0.29, 0.717) is 6.42 Å². The normalized spacial score (nSPS) is 17.9. The Labute approximate surface area is 122 Å². The van der Waals surface area contributed by atoms with E-state index in [1.807, 2.05) is 46.7 Å². The number of carbonyl (C=O) groups is 1. The molecule has 0 fully saturated rings. The Morgan fingerprint density at radius 3 is 2.95 bits per heavy atom. The highest BCUT2D eigenvalue weighted by molar-refractivity contribution is 7.10. The van der Waals surface area contributed by atoms with E-state index < -0.39 is 0 Å². The minimum Gasteiger partial charge on any atom is -0.377 e. The number of methoxy groups -OCH3 is 1. The van der Waals surface area contributed by atoms with Crippen LogP contribution in [-0.4, -0.2) is 19.6 Å². The lowest BCUT2D eigenvalue weighted by atomic mass is 9.98. The molecule has 1 aliphatic rings. The Bertz CT molecular complexity index is 594. The number of hydrogen-bond acceptors (Lipinski definition) is 3. The zero-order valence-electron chi connectivity index (χ0n) is 11.4. The molecule has 2 aromatic rings. The lowest BCUT2D eigenvalue weighted by molar-refractivity contribution is -0.118. The summed E-state index contributed by atoms with van der Waals surface area (Å²) >= 11 is 1.63. The summed E-state index contributed by atoms with van der Waals surface area (Å²) in [6, 6.07) is 12.0. The van der Waals surface area contributed by atoms with Crippen molar-refractivity contribution in [2.24, 2.45) is 0 Å². The van der Waals surface area contributed by atoms with Crippen molar-refractivity contribution >= 4 is 22.9 Å². The highest BCUT2D eigenvalue weighted by atomic mass is 32.1. The van der Waals surface area contributed by atoms with Gasteiger partial charge in [-0.15, -0.1) is 11.3 Å². The van der Waals surface area contributed by atoms with Crippen molar-refractivity contribution < 1.29 is 9.53 Å². The third-order valence-corrected chi connectivity index (χ3v) is 4.56. The van der Waals surface area contributed by atoms with Gasteiger partial charge in [-0.3, -0.25) is 4.79 Å².